The Labute approximate surface area is 153 Å². The summed E-state index contributed by atoms with van der Waals surface area (Å²) in [5.41, 5.74) is 0.0776. The summed E-state index contributed by atoms with van der Waals surface area (Å²) in [6, 6.07) is 3.53. The Morgan fingerprint density at radius 2 is 2.00 bits per heavy atom. The molecule has 1 aliphatic heterocycles. The summed E-state index contributed by atoms with van der Waals surface area (Å²) in [7, 11) is 5.32. The van der Waals surface area contributed by atoms with E-state index < -0.39 is 17.7 Å². The van der Waals surface area contributed by atoms with Crippen molar-refractivity contribution in [2.24, 2.45) is 4.99 Å². The van der Waals surface area contributed by atoms with Crippen LogP contribution >= 0.6 is 11.8 Å². The number of nitrogens with one attached hydrogen (secondary N) is 2. The minimum Gasteiger partial charge on any atom is -0.355 e. The lowest BCUT2D eigenvalue weighted by atomic mass is 10.0. The van der Waals surface area contributed by atoms with Crippen molar-refractivity contribution >= 4 is 17.7 Å². The largest absolute Gasteiger partial charge is 0.355 e. The Morgan fingerprint density at radius 1 is 1.32 bits per heavy atom. The number of thioether (sulfide) groups is 1. The average molecular weight is 371 g/mol. The zero-order valence-corrected chi connectivity index (χ0v) is 16.2. The first-order chi connectivity index (χ1) is 11.9. The standard InChI is InChI=1S/C18H28F2N4S/c1-18(9-6-10-25-18)12-23-17(21-2)22-11-15(24(3)4)16-13(19)7-5-8-14(16)20/h5,7-8,15H,6,9-12H2,1-4H3,(H2,21,22,23). The van der Waals surface area contributed by atoms with E-state index in [2.05, 4.69) is 22.5 Å². The van der Waals surface area contributed by atoms with E-state index in [0.29, 0.717) is 12.5 Å². The first-order valence-corrected chi connectivity index (χ1v) is 9.53. The Bertz CT molecular complexity index is 580. The van der Waals surface area contributed by atoms with Crippen molar-refractivity contribution in [2.75, 3.05) is 40.0 Å². The predicted molar refractivity (Wildman–Crippen MR) is 102 cm³/mol. The third kappa shape index (κ3) is 5.31. The van der Waals surface area contributed by atoms with E-state index in [1.54, 1.807) is 11.9 Å². The molecule has 2 unspecified atom stereocenters. The molecule has 1 aliphatic rings. The SMILES string of the molecule is CN=C(NCC(c1c(F)cccc1F)N(C)C)NCC1(C)CCCS1. The molecule has 0 amide bonds. The molecule has 0 saturated carbocycles. The fourth-order valence-corrected chi connectivity index (χ4v) is 4.28. The zero-order valence-electron chi connectivity index (χ0n) is 15.4. The van der Waals surface area contributed by atoms with Crippen LogP contribution in [0.25, 0.3) is 0 Å². The van der Waals surface area contributed by atoms with E-state index >= 15 is 0 Å². The molecule has 2 rings (SSSR count). The van der Waals surface area contributed by atoms with Gasteiger partial charge in [0.2, 0.25) is 0 Å². The van der Waals surface area contributed by atoms with Crippen LogP contribution in [-0.2, 0) is 0 Å². The number of halogens is 2. The minimum absolute atomic E-state index is 0.0776. The second-order valence-electron chi connectivity index (χ2n) is 6.82. The number of guanidine groups is 1. The van der Waals surface area contributed by atoms with Gasteiger partial charge in [0.1, 0.15) is 11.6 Å². The van der Waals surface area contributed by atoms with Gasteiger partial charge in [-0.1, -0.05) is 6.07 Å². The highest BCUT2D eigenvalue weighted by molar-refractivity contribution is 8.00. The highest BCUT2D eigenvalue weighted by Crippen LogP contribution is 2.36. The fourth-order valence-electron chi connectivity index (χ4n) is 3.03. The summed E-state index contributed by atoms with van der Waals surface area (Å²) in [6.07, 6.45) is 2.42. The number of likely N-dealkylation sites (N-methyl/N-ethyl adjacent to an activating group) is 1. The minimum atomic E-state index is -0.529. The van der Waals surface area contributed by atoms with Crippen LogP contribution in [0.4, 0.5) is 8.78 Å². The molecule has 25 heavy (non-hydrogen) atoms. The Morgan fingerprint density at radius 3 is 2.52 bits per heavy atom. The Balaban J connectivity index is 2.00. The molecule has 0 radical (unpaired) electrons. The number of hydrogen-bond acceptors (Lipinski definition) is 3. The van der Waals surface area contributed by atoms with Gasteiger partial charge in [-0.25, -0.2) is 8.78 Å². The maximum Gasteiger partial charge on any atom is 0.191 e. The van der Waals surface area contributed by atoms with E-state index in [4.69, 9.17) is 0 Å². The van der Waals surface area contributed by atoms with Crippen LogP contribution in [0.5, 0.6) is 0 Å². The normalized spacial score (nSPS) is 22.3. The number of nitrogens with zero attached hydrogens (tertiary/aromatic N) is 2. The lowest BCUT2D eigenvalue weighted by Crippen LogP contribution is -2.46. The van der Waals surface area contributed by atoms with Crippen molar-refractivity contribution in [3.63, 3.8) is 0 Å². The third-order valence-corrected chi connectivity index (χ3v) is 6.11. The van der Waals surface area contributed by atoms with Crippen LogP contribution in [0.15, 0.2) is 23.2 Å². The van der Waals surface area contributed by atoms with E-state index in [1.165, 1.54) is 36.8 Å². The molecule has 0 aromatic heterocycles. The van der Waals surface area contributed by atoms with Crippen molar-refractivity contribution in [3.8, 4) is 0 Å². The van der Waals surface area contributed by atoms with Crippen LogP contribution in [0.1, 0.15) is 31.4 Å². The number of rotatable bonds is 6. The maximum atomic E-state index is 14.1. The quantitative estimate of drug-likeness (QED) is 0.597. The summed E-state index contributed by atoms with van der Waals surface area (Å²) in [4.78, 5) is 6.03. The summed E-state index contributed by atoms with van der Waals surface area (Å²) in [5.74, 6) is 0.786. The Hall–Kier alpha value is -1.34. The molecule has 2 N–H and O–H groups in total. The summed E-state index contributed by atoms with van der Waals surface area (Å²) in [6.45, 7) is 3.43. The van der Waals surface area contributed by atoms with Crippen LogP contribution in [-0.4, -0.2) is 55.6 Å². The highest BCUT2D eigenvalue weighted by atomic mass is 32.2. The summed E-state index contributed by atoms with van der Waals surface area (Å²) < 4.78 is 28.5. The van der Waals surface area contributed by atoms with E-state index in [9.17, 15) is 8.78 Å². The molecular weight excluding hydrogens is 342 g/mol. The van der Waals surface area contributed by atoms with Gasteiger partial charge >= 0.3 is 0 Å². The van der Waals surface area contributed by atoms with Gasteiger partial charge in [-0.2, -0.15) is 11.8 Å². The molecule has 1 aromatic rings. The first kappa shape index (κ1) is 20.0. The van der Waals surface area contributed by atoms with Gasteiger partial charge in [-0.05, 0) is 51.7 Å². The molecule has 2 atom stereocenters. The van der Waals surface area contributed by atoms with Crippen LogP contribution in [0, 0.1) is 11.6 Å². The molecule has 1 saturated heterocycles. The van der Waals surface area contributed by atoms with Gasteiger partial charge in [-0.15, -0.1) is 0 Å². The van der Waals surface area contributed by atoms with Gasteiger partial charge < -0.3 is 15.5 Å². The van der Waals surface area contributed by atoms with Gasteiger partial charge in [0.25, 0.3) is 0 Å². The summed E-state index contributed by atoms with van der Waals surface area (Å²) in [5, 5.41) is 6.54. The second kappa shape index (κ2) is 8.85. The lowest BCUT2D eigenvalue weighted by molar-refractivity contribution is 0.282. The molecule has 0 spiro atoms. The summed E-state index contributed by atoms with van der Waals surface area (Å²) >= 11 is 1.97. The molecule has 7 heteroatoms. The van der Waals surface area contributed by atoms with Crippen molar-refractivity contribution < 1.29 is 8.78 Å². The molecule has 0 aliphatic carbocycles. The fraction of sp³-hybridized carbons (Fsp3) is 0.611. The van der Waals surface area contributed by atoms with E-state index in [1.807, 2.05) is 25.9 Å². The zero-order chi connectivity index (χ0) is 18.4. The van der Waals surface area contributed by atoms with Crippen LogP contribution in [0.2, 0.25) is 0 Å². The highest BCUT2D eigenvalue weighted by Gasteiger charge is 2.29. The molecule has 1 fully saturated rings. The van der Waals surface area contributed by atoms with Crippen molar-refractivity contribution in [2.45, 2.75) is 30.6 Å². The van der Waals surface area contributed by atoms with Gasteiger partial charge in [-0.3, -0.25) is 4.99 Å². The van der Waals surface area contributed by atoms with Crippen molar-refractivity contribution in [1.29, 1.82) is 0 Å². The van der Waals surface area contributed by atoms with Gasteiger partial charge in [0, 0.05) is 30.4 Å². The lowest BCUT2D eigenvalue weighted by Gasteiger charge is -2.28. The average Bonchev–Trinajstić information content (AvgIpc) is 2.99. The first-order valence-electron chi connectivity index (χ1n) is 8.55. The smallest absolute Gasteiger partial charge is 0.191 e. The molecule has 140 valence electrons. The molecule has 1 heterocycles. The van der Waals surface area contributed by atoms with Crippen LogP contribution in [0.3, 0.4) is 0 Å². The molecule has 1 aromatic carbocycles. The maximum absolute atomic E-state index is 14.1. The van der Waals surface area contributed by atoms with E-state index in [0.717, 1.165) is 6.54 Å². The van der Waals surface area contributed by atoms with E-state index in [-0.39, 0.29) is 10.3 Å². The molecular formula is C18H28F2N4S. The number of hydrogen-bond donors (Lipinski definition) is 2. The third-order valence-electron chi connectivity index (χ3n) is 4.57. The van der Waals surface area contributed by atoms with Gasteiger partial charge in [0.15, 0.2) is 5.96 Å². The number of benzene rings is 1. The van der Waals surface area contributed by atoms with Gasteiger partial charge in [0.05, 0.1) is 6.04 Å². The van der Waals surface area contributed by atoms with Crippen molar-refractivity contribution in [1.82, 2.24) is 15.5 Å². The molecule has 0 bridgehead atoms. The van der Waals surface area contributed by atoms with Crippen molar-refractivity contribution in [3.05, 3.63) is 35.4 Å². The molecule has 4 nitrogen and oxygen atoms in total. The Kier molecular flexibility index (Phi) is 7.07. The second-order valence-corrected chi connectivity index (χ2v) is 8.51. The predicted octanol–water partition coefficient (Wildman–Crippen LogP) is 3.02. The number of aliphatic imine (C=N–C) groups is 1. The topological polar surface area (TPSA) is 39.7 Å². The monoisotopic (exact) mass is 370 g/mol. The van der Waals surface area contributed by atoms with Crippen LogP contribution < -0.4 is 10.6 Å².